The molecule has 0 atom stereocenters. The molecule has 0 spiro atoms. The Labute approximate surface area is 173 Å². The van der Waals surface area contributed by atoms with Gasteiger partial charge in [-0.3, -0.25) is 9.78 Å². The van der Waals surface area contributed by atoms with Crippen molar-refractivity contribution in [2.75, 3.05) is 13.1 Å². The summed E-state index contributed by atoms with van der Waals surface area (Å²) in [5, 5.41) is 2.93. The van der Waals surface area contributed by atoms with Crippen LogP contribution in [0.15, 0.2) is 42.7 Å². The second kappa shape index (κ2) is 10.0. The van der Waals surface area contributed by atoms with Crippen LogP contribution in [0.2, 0.25) is 0 Å². The van der Waals surface area contributed by atoms with E-state index in [2.05, 4.69) is 10.3 Å². The number of amides is 2. The van der Waals surface area contributed by atoms with Crippen molar-refractivity contribution in [1.29, 1.82) is 0 Å². The SMILES string of the molecule is Cc1cc(C)cc(C(=O)NCCCN(Cc2cccnc2)C(=O)OC(C)(C)C)c1. The number of aromatic nitrogens is 1. The lowest BCUT2D eigenvalue weighted by Crippen LogP contribution is -2.38. The molecular formula is C23H31N3O3. The van der Waals surface area contributed by atoms with Crippen molar-refractivity contribution in [2.45, 2.75) is 53.2 Å². The summed E-state index contributed by atoms with van der Waals surface area (Å²) >= 11 is 0. The number of pyridine rings is 1. The number of hydrogen-bond acceptors (Lipinski definition) is 4. The first-order chi connectivity index (χ1) is 13.6. The maximum Gasteiger partial charge on any atom is 0.410 e. The molecule has 0 bridgehead atoms. The minimum absolute atomic E-state index is 0.104. The summed E-state index contributed by atoms with van der Waals surface area (Å²) in [4.78, 5) is 30.7. The summed E-state index contributed by atoms with van der Waals surface area (Å²) in [7, 11) is 0. The molecule has 156 valence electrons. The van der Waals surface area contributed by atoms with Crippen LogP contribution in [0.4, 0.5) is 4.79 Å². The van der Waals surface area contributed by atoms with Crippen molar-refractivity contribution in [2.24, 2.45) is 0 Å². The Morgan fingerprint density at radius 2 is 1.83 bits per heavy atom. The molecule has 2 amide bonds. The van der Waals surface area contributed by atoms with Gasteiger partial charge in [0.1, 0.15) is 5.60 Å². The Morgan fingerprint density at radius 1 is 1.14 bits per heavy atom. The number of nitrogens with zero attached hydrogens (tertiary/aromatic N) is 2. The van der Waals surface area contributed by atoms with Gasteiger partial charge >= 0.3 is 6.09 Å². The molecule has 29 heavy (non-hydrogen) atoms. The first kappa shape index (κ1) is 22.4. The second-order valence-electron chi connectivity index (χ2n) is 8.25. The van der Waals surface area contributed by atoms with Crippen LogP contribution >= 0.6 is 0 Å². The molecule has 0 radical (unpaired) electrons. The number of carbonyl (C=O) groups excluding carboxylic acids is 2. The van der Waals surface area contributed by atoms with Gasteiger partial charge in [0.05, 0.1) is 6.54 Å². The maximum atomic E-state index is 12.6. The quantitative estimate of drug-likeness (QED) is 0.709. The molecule has 0 aliphatic heterocycles. The van der Waals surface area contributed by atoms with Crippen LogP contribution in [0.3, 0.4) is 0 Å². The van der Waals surface area contributed by atoms with Gasteiger partial charge in [0.2, 0.25) is 0 Å². The van der Waals surface area contributed by atoms with E-state index in [1.54, 1.807) is 17.3 Å². The highest BCUT2D eigenvalue weighted by atomic mass is 16.6. The van der Waals surface area contributed by atoms with E-state index >= 15 is 0 Å². The molecule has 1 heterocycles. The fourth-order valence-corrected chi connectivity index (χ4v) is 2.95. The standard InChI is InChI=1S/C23H31N3O3/c1-17-12-18(2)14-20(13-17)21(27)25-10-7-11-26(22(28)29-23(3,4)5)16-19-8-6-9-24-15-19/h6,8-9,12-15H,7,10-11,16H2,1-5H3,(H,25,27). The Hall–Kier alpha value is -2.89. The van der Waals surface area contributed by atoms with E-state index in [-0.39, 0.29) is 12.0 Å². The van der Waals surface area contributed by atoms with Crippen molar-refractivity contribution in [3.8, 4) is 0 Å². The normalized spacial score (nSPS) is 11.1. The molecule has 6 nitrogen and oxygen atoms in total. The summed E-state index contributed by atoms with van der Waals surface area (Å²) in [5.74, 6) is -0.104. The van der Waals surface area contributed by atoms with Crippen molar-refractivity contribution >= 4 is 12.0 Å². The summed E-state index contributed by atoms with van der Waals surface area (Å²) in [6.07, 6.45) is 3.68. The number of rotatable bonds is 7. The summed E-state index contributed by atoms with van der Waals surface area (Å²) in [5.41, 5.74) is 3.13. The molecule has 0 fully saturated rings. The predicted octanol–water partition coefficient (Wildman–Crippen LogP) is 4.26. The van der Waals surface area contributed by atoms with E-state index < -0.39 is 5.60 Å². The van der Waals surface area contributed by atoms with Gasteiger partial charge in [-0.1, -0.05) is 23.3 Å². The fraction of sp³-hybridized carbons (Fsp3) is 0.435. The third-order valence-electron chi connectivity index (χ3n) is 4.12. The molecule has 2 rings (SSSR count). The van der Waals surface area contributed by atoms with Gasteiger partial charge < -0.3 is 15.0 Å². The van der Waals surface area contributed by atoms with Crippen LogP contribution in [0.5, 0.6) is 0 Å². The van der Waals surface area contributed by atoms with Crippen molar-refractivity contribution in [3.05, 3.63) is 65.0 Å². The highest BCUT2D eigenvalue weighted by Gasteiger charge is 2.22. The Morgan fingerprint density at radius 3 is 2.41 bits per heavy atom. The third-order valence-corrected chi connectivity index (χ3v) is 4.12. The molecule has 0 unspecified atom stereocenters. The summed E-state index contributed by atoms with van der Waals surface area (Å²) in [6.45, 7) is 10.8. The van der Waals surface area contributed by atoms with E-state index in [9.17, 15) is 9.59 Å². The highest BCUT2D eigenvalue weighted by Crippen LogP contribution is 2.13. The average molecular weight is 398 g/mol. The first-order valence-corrected chi connectivity index (χ1v) is 9.87. The van der Waals surface area contributed by atoms with Gasteiger partial charge in [0.25, 0.3) is 5.91 Å². The Kier molecular flexibility index (Phi) is 7.76. The molecule has 1 N–H and O–H groups in total. The molecule has 2 aromatic rings. The third kappa shape index (κ3) is 7.94. The molecule has 0 aliphatic carbocycles. The Balaban J connectivity index is 1.92. The van der Waals surface area contributed by atoms with Crippen molar-refractivity contribution < 1.29 is 14.3 Å². The minimum Gasteiger partial charge on any atom is -0.444 e. The molecule has 1 aromatic heterocycles. The number of nitrogens with one attached hydrogen (secondary N) is 1. The van der Waals surface area contributed by atoms with E-state index in [1.807, 2.05) is 65.0 Å². The van der Waals surface area contributed by atoms with Gasteiger partial charge in [-0.2, -0.15) is 0 Å². The molecule has 6 heteroatoms. The van der Waals surface area contributed by atoms with E-state index in [1.165, 1.54) is 0 Å². The van der Waals surface area contributed by atoms with Gasteiger partial charge in [0, 0.05) is 31.0 Å². The fourth-order valence-electron chi connectivity index (χ4n) is 2.95. The molecule has 0 saturated carbocycles. The maximum absolute atomic E-state index is 12.6. The van der Waals surface area contributed by atoms with Crippen LogP contribution in [-0.4, -0.2) is 40.6 Å². The lowest BCUT2D eigenvalue weighted by Gasteiger charge is -2.27. The Bertz CT molecular complexity index is 809. The van der Waals surface area contributed by atoms with Crippen LogP contribution in [0, 0.1) is 13.8 Å². The summed E-state index contributed by atoms with van der Waals surface area (Å²) in [6, 6.07) is 9.54. The number of aryl methyl sites for hydroxylation is 2. The van der Waals surface area contributed by atoms with Crippen molar-refractivity contribution in [1.82, 2.24) is 15.2 Å². The molecule has 0 aliphatic rings. The predicted molar refractivity (Wildman–Crippen MR) is 114 cm³/mol. The van der Waals surface area contributed by atoms with Crippen LogP contribution in [0.1, 0.15) is 54.2 Å². The van der Waals surface area contributed by atoms with Crippen LogP contribution in [-0.2, 0) is 11.3 Å². The topological polar surface area (TPSA) is 71.5 Å². The number of ether oxygens (including phenoxy) is 1. The zero-order valence-electron chi connectivity index (χ0n) is 18.0. The summed E-state index contributed by atoms with van der Waals surface area (Å²) < 4.78 is 5.53. The van der Waals surface area contributed by atoms with Gasteiger partial charge in [-0.25, -0.2) is 4.79 Å². The molecule has 1 aromatic carbocycles. The van der Waals surface area contributed by atoms with Gasteiger partial charge in [0.15, 0.2) is 0 Å². The van der Waals surface area contributed by atoms with Crippen LogP contribution in [0.25, 0.3) is 0 Å². The van der Waals surface area contributed by atoms with Gasteiger partial charge in [-0.15, -0.1) is 0 Å². The van der Waals surface area contributed by atoms with E-state index in [0.29, 0.717) is 31.6 Å². The zero-order valence-corrected chi connectivity index (χ0v) is 18.0. The monoisotopic (exact) mass is 397 g/mol. The molecular weight excluding hydrogens is 366 g/mol. The number of benzene rings is 1. The highest BCUT2D eigenvalue weighted by molar-refractivity contribution is 5.94. The zero-order chi connectivity index (χ0) is 21.4. The number of hydrogen-bond donors (Lipinski definition) is 1. The molecule has 0 saturated heterocycles. The van der Waals surface area contributed by atoms with Crippen LogP contribution < -0.4 is 5.32 Å². The first-order valence-electron chi connectivity index (χ1n) is 9.87. The minimum atomic E-state index is -0.568. The average Bonchev–Trinajstić information content (AvgIpc) is 2.62. The lowest BCUT2D eigenvalue weighted by atomic mass is 10.1. The van der Waals surface area contributed by atoms with Gasteiger partial charge in [-0.05, 0) is 64.8 Å². The second-order valence-corrected chi connectivity index (χ2v) is 8.25. The number of carbonyl (C=O) groups is 2. The largest absolute Gasteiger partial charge is 0.444 e. The van der Waals surface area contributed by atoms with Crippen molar-refractivity contribution in [3.63, 3.8) is 0 Å². The van der Waals surface area contributed by atoms with E-state index in [0.717, 1.165) is 16.7 Å². The lowest BCUT2D eigenvalue weighted by molar-refractivity contribution is 0.0232. The van der Waals surface area contributed by atoms with E-state index in [4.69, 9.17) is 4.74 Å². The smallest absolute Gasteiger partial charge is 0.410 e.